The van der Waals surface area contributed by atoms with E-state index in [9.17, 15) is 9.59 Å². The van der Waals surface area contributed by atoms with E-state index in [4.69, 9.17) is 9.47 Å². The van der Waals surface area contributed by atoms with Crippen molar-refractivity contribution < 1.29 is 19.1 Å². The zero-order valence-electron chi connectivity index (χ0n) is 13.4. The second-order valence-electron chi connectivity index (χ2n) is 5.92. The van der Waals surface area contributed by atoms with Crippen molar-refractivity contribution >= 4 is 11.9 Å². The van der Waals surface area contributed by atoms with Crippen molar-refractivity contribution in [2.24, 2.45) is 0 Å². The fourth-order valence-corrected chi connectivity index (χ4v) is 3.17. The van der Waals surface area contributed by atoms with Gasteiger partial charge in [-0.15, -0.1) is 0 Å². The molecule has 2 aliphatic heterocycles. The minimum atomic E-state index is -0.124. The van der Waals surface area contributed by atoms with Gasteiger partial charge in [0, 0.05) is 32.6 Å². The van der Waals surface area contributed by atoms with E-state index in [1.807, 2.05) is 29.2 Å². The second-order valence-corrected chi connectivity index (χ2v) is 5.92. The lowest BCUT2D eigenvalue weighted by molar-refractivity contribution is -0.143. The number of carbonyl (C=O) groups excluding carboxylic acids is 2. The Kier molecular flexibility index (Phi) is 4.81. The lowest BCUT2D eigenvalue weighted by Crippen LogP contribution is -2.53. The summed E-state index contributed by atoms with van der Waals surface area (Å²) in [5.74, 6) is 0.757. The molecular weight excluding hydrogens is 296 g/mol. The first-order valence-electron chi connectivity index (χ1n) is 7.99. The highest BCUT2D eigenvalue weighted by Gasteiger charge is 2.34. The van der Waals surface area contributed by atoms with Crippen molar-refractivity contribution in [3.05, 3.63) is 29.8 Å². The molecule has 2 fully saturated rings. The number of cyclic esters (lactones) is 1. The van der Waals surface area contributed by atoms with Gasteiger partial charge in [0.15, 0.2) is 0 Å². The average Bonchev–Trinajstić information content (AvgIpc) is 3.01. The molecule has 0 N–H and O–H groups in total. The third kappa shape index (κ3) is 3.64. The summed E-state index contributed by atoms with van der Waals surface area (Å²) in [6.07, 6.45) is 1.14. The van der Waals surface area contributed by atoms with Crippen molar-refractivity contribution in [2.75, 3.05) is 39.9 Å². The van der Waals surface area contributed by atoms with Crippen LogP contribution in [0.1, 0.15) is 12.0 Å². The van der Waals surface area contributed by atoms with Crippen LogP contribution >= 0.6 is 0 Å². The van der Waals surface area contributed by atoms with Gasteiger partial charge in [0.25, 0.3) is 0 Å². The molecule has 23 heavy (non-hydrogen) atoms. The molecule has 2 heterocycles. The molecule has 6 heteroatoms. The smallest absolute Gasteiger partial charge is 0.323 e. The minimum Gasteiger partial charge on any atom is -0.497 e. The Balaban J connectivity index is 1.52. The van der Waals surface area contributed by atoms with Gasteiger partial charge in [-0.3, -0.25) is 14.5 Å². The Labute approximate surface area is 136 Å². The van der Waals surface area contributed by atoms with Crippen molar-refractivity contribution in [1.29, 1.82) is 0 Å². The first kappa shape index (κ1) is 15.8. The van der Waals surface area contributed by atoms with E-state index in [1.54, 1.807) is 7.11 Å². The predicted molar refractivity (Wildman–Crippen MR) is 84.2 cm³/mol. The maximum atomic E-state index is 12.4. The number of benzene rings is 1. The maximum absolute atomic E-state index is 12.4. The van der Waals surface area contributed by atoms with E-state index in [0.717, 1.165) is 30.8 Å². The molecule has 0 saturated carbocycles. The van der Waals surface area contributed by atoms with Gasteiger partial charge in [0.05, 0.1) is 20.1 Å². The third-order valence-corrected chi connectivity index (χ3v) is 4.50. The first-order valence-corrected chi connectivity index (χ1v) is 7.99. The average molecular weight is 318 g/mol. The number of rotatable bonds is 4. The number of hydrogen-bond acceptors (Lipinski definition) is 5. The predicted octanol–water partition coefficient (Wildman–Crippen LogP) is 0.697. The normalized spacial score (nSPS) is 22.0. The number of piperazine rings is 1. The molecule has 2 aliphatic rings. The first-order chi connectivity index (χ1) is 11.2. The summed E-state index contributed by atoms with van der Waals surface area (Å²) in [5.41, 5.74) is 0.955. The molecule has 1 amide bonds. The van der Waals surface area contributed by atoms with E-state index >= 15 is 0 Å². The molecule has 124 valence electrons. The van der Waals surface area contributed by atoms with Crippen LogP contribution < -0.4 is 4.74 Å². The van der Waals surface area contributed by atoms with Gasteiger partial charge >= 0.3 is 5.97 Å². The zero-order valence-corrected chi connectivity index (χ0v) is 13.4. The van der Waals surface area contributed by atoms with Crippen LogP contribution in [-0.2, 0) is 20.7 Å². The molecule has 1 aromatic rings. The molecule has 0 radical (unpaired) electrons. The van der Waals surface area contributed by atoms with Crippen molar-refractivity contribution in [3.8, 4) is 5.75 Å². The lowest BCUT2D eigenvalue weighted by Gasteiger charge is -2.36. The highest BCUT2D eigenvalue weighted by atomic mass is 16.5. The van der Waals surface area contributed by atoms with Crippen molar-refractivity contribution in [2.45, 2.75) is 18.9 Å². The molecular formula is C17H22N2O4. The van der Waals surface area contributed by atoms with Gasteiger partial charge in [-0.05, 0) is 17.7 Å². The highest BCUT2D eigenvalue weighted by molar-refractivity contribution is 5.79. The van der Waals surface area contributed by atoms with Crippen molar-refractivity contribution in [3.63, 3.8) is 0 Å². The second kappa shape index (κ2) is 7.00. The Morgan fingerprint density at radius 2 is 2.09 bits per heavy atom. The Hall–Kier alpha value is -2.08. The quantitative estimate of drug-likeness (QED) is 0.765. The van der Waals surface area contributed by atoms with E-state index in [-0.39, 0.29) is 17.9 Å². The maximum Gasteiger partial charge on any atom is 0.323 e. The van der Waals surface area contributed by atoms with E-state index in [1.165, 1.54) is 0 Å². The number of esters is 1. The van der Waals surface area contributed by atoms with E-state index < -0.39 is 0 Å². The van der Waals surface area contributed by atoms with Crippen molar-refractivity contribution in [1.82, 2.24) is 9.80 Å². The molecule has 0 bridgehead atoms. The highest BCUT2D eigenvalue weighted by Crippen LogP contribution is 2.18. The fraction of sp³-hybridized carbons (Fsp3) is 0.529. The van der Waals surface area contributed by atoms with Gasteiger partial charge in [0.2, 0.25) is 5.91 Å². The molecule has 1 atom stereocenters. The summed E-state index contributed by atoms with van der Waals surface area (Å²) in [6.45, 7) is 3.28. The molecule has 2 saturated heterocycles. The summed E-state index contributed by atoms with van der Waals surface area (Å²) < 4.78 is 10.2. The van der Waals surface area contributed by atoms with E-state index in [0.29, 0.717) is 26.1 Å². The number of nitrogens with zero attached hydrogens (tertiary/aromatic N) is 2. The van der Waals surface area contributed by atoms with Crippen LogP contribution in [0.2, 0.25) is 0 Å². The summed E-state index contributed by atoms with van der Waals surface area (Å²) in [4.78, 5) is 28.1. The third-order valence-electron chi connectivity index (χ3n) is 4.50. The molecule has 6 nitrogen and oxygen atoms in total. The van der Waals surface area contributed by atoms with Crippen LogP contribution in [0.15, 0.2) is 24.3 Å². The van der Waals surface area contributed by atoms with Gasteiger partial charge < -0.3 is 14.4 Å². The van der Waals surface area contributed by atoms with Gasteiger partial charge in [-0.1, -0.05) is 12.1 Å². The Morgan fingerprint density at radius 3 is 2.74 bits per heavy atom. The van der Waals surface area contributed by atoms with Crippen LogP contribution in [0.3, 0.4) is 0 Å². The summed E-state index contributed by atoms with van der Waals surface area (Å²) in [7, 11) is 1.62. The van der Waals surface area contributed by atoms with E-state index in [2.05, 4.69) is 4.90 Å². The molecule has 0 aromatic heterocycles. The van der Waals surface area contributed by atoms with Gasteiger partial charge in [0.1, 0.15) is 11.8 Å². The SMILES string of the molecule is COc1cccc(CC(=O)N2CCN([C@@H]3CCOC3=O)CC2)c1. The van der Waals surface area contributed by atoms with Crippen LogP contribution in [0.5, 0.6) is 5.75 Å². The summed E-state index contributed by atoms with van der Waals surface area (Å²) in [6, 6.07) is 7.47. The van der Waals surface area contributed by atoms with Crippen LogP contribution in [-0.4, -0.2) is 67.6 Å². The molecule has 3 rings (SSSR count). The number of methoxy groups -OCH3 is 1. The minimum absolute atomic E-state index is 0.118. The topological polar surface area (TPSA) is 59.1 Å². The number of carbonyl (C=O) groups is 2. The van der Waals surface area contributed by atoms with Crippen LogP contribution in [0.25, 0.3) is 0 Å². The van der Waals surface area contributed by atoms with Crippen LogP contribution in [0, 0.1) is 0 Å². The number of hydrogen-bond donors (Lipinski definition) is 0. The standard InChI is InChI=1S/C17H22N2O4/c1-22-14-4-2-3-13(11-14)12-16(20)19-8-6-18(7-9-19)15-5-10-23-17(15)21/h2-4,11,15H,5-10,12H2,1H3/t15-/m1/s1. The molecule has 1 aromatic carbocycles. The fourth-order valence-electron chi connectivity index (χ4n) is 3.17. The monoisotopic (exact) mass is 318 g/mol. The Bertz CT molecular complexity index is 582. The largest absolute Gasteiger partial charge is 0.497 e. The molecule has 0 aliphatic carbocycles. The molecule has 0 spiro atoms. The summed E-state index contributed by atoms with van der Waals surface area (Å²) in [5, 5.41) is 0. The Morgan fingerprint density at radius 1 is 1.30 bits per heavy atom. The van der Waals surface area contributed by atoms with Gasteiger partial charge in [-0.25, -0.2) is 0 Å². The molecule has 0 unspecified atom stereocenters. The number of ether oxygens (including phenoxy) is 2. The number of amides is 1. The van der Waals surface area contributed by atoms with Gasteiger partial charge in [-0.2, -0.15) is 0 Å². The lowest BCUT2D eigenvalue weighted by atomic mass is 10.1. The zero-order chi connectivity index (χ0) is 16.2. The van der Waals surface area contributed by atoms with Crippen LogP contribution in [0.4, 0.5) is 0 Å². The summed E-state index contributed by atoms with van der Waals surface area (Å²) >= 11 is 0.